The molecule has 0 saturated heterocycles. The van der Waals surface area contributed by atoms with Crippen LogP contribution in [-0.4, -0.2) is 15.0 Å². The van der Waals surface area contributed by atoms with Crippen LogP contribution >= 0.6 is 0 Å². The van der Waals surface area contributed by atoms with Crippen molar-refractivity contribution in [3.8, 4) is 67.5 Å². The smallest absolute Gasteiger partial charge is 0.164 e. The molecule has 0 saturated carbocycles. The number of fused-ring (bicyclic) bond motifs is 2. The zero-order valence-corrected chi connectivity index (χ0v) is 32.4. The Morgan fingerprint density at radius 1 is 0.345 bits per heavy atom. The maximum absolute atomic E-state index is 5.12. The monoisotopic (exact) mass is 711 g/mol. The van der Waals surface area contributed by atoms with Crippen LogP contribution in [0.3, 0.4) is 0 Å². The number of hydrogen-bond donors (Lipinski definition) is 0. The Balaban J connectivity index is 1.16. The molecular weight excluding hydrogens is 667 g/mol. The van der Waals surface area contributed by atoms with Crippen molar-refractivity contribution in [2.24, 2.45) is 5.41 Å². The molecule has 55 heavy (non-hydrogen) atoms. The zero-order chi connectivity index (χ0) is 38.0. The van der Waals surface area contributed by atoms with Crippen LogP contribution < -0.4 is 0 Å². The molecule has 0 radical (unpaired) electrons. The van der Waals surface area contributed by atoms with Crippen LogP contribution in [0.2, 0.25) is 0 Å². The van der Waals surface area contributed by atoms with E-state index in [1.165, 1.54) is 44.2 Å². The molecule has 0 unspecified atom stereocenters. The topological polar surface area (TPSA) is 38.7 Å². The Kier molecular flexibility index (Phi) is 8.16. The largest absolute Gasteiger partial charge is 0.208 e. The van der Waals surface area contributed by atoms with Crippen molar-refractivity contribution in [2.45, 2.75) is 52.4 Å². The van der Waals surface area contributed by atoms with Crippen LogP contribution in [0.5, 0.6) is 0 Å². The predicted molar refractivity (Wildman–Crippen MR) is 230 cm³/mol. The Morgan fingerprint density at radius 2 is 0.709 bits per heavy atom. The molecule has 1 aliphatic carbocycles. The summed E-state index contributed by atoms with van der Waals surface area (Å²) in [6, 6.07) is 58.1. The van der Waals surface area contributed by atoms with E-state index < -0.39 is 0 Å². The van der Waals surface area contributed by atoms with E-state index in [0.717, 1.165) is 27.8 Å². The van der Waals surface area contributed by atoms with E-state index in [9.17, 15) is 0 Å². The van der Waals surface area contributed by atoms with E-state index in [1.807, 2.05) is 12.1 Å². The normalized spacial score (nSPS) is 15.2. The first-order valence-corrected chi connectivity index (χ1v) is 19.3. The first-order valence-electron chi connectivity index (χ1n) is 19.3. The average molecular weight is 712 g/mol. The first kappa shape index (κ1) is 34.6. The van der Waals surface area contributed by atoms with Crippen LogP contribution in [0.25, 0.3) is 78.3 Å². The van der Waals surface area contributed by atoms with Gasteiger partial charge in [0.1, 0.15) is 0 Å². The molecular formula is C52H45N3. The van der Waals surface area contributed by atoms with Gasteiger partial charge in [-0.3, -0.25) is 0 Å². The van der Waals surface area contributed by atoms with Gasteiger partial charge in [0.2, 0.25) is 0 Å². The van der Waals surface area contributed by atoms with E-state index in [0.29, 0.717) is 17.5 Å². The van der Waals surface area contributed by atoms with Gasteiger partial charge in [0.25, 0.3) is 0 Å². The summed E-state index contributed by atoms with van der Waals surface area (Å²) in [5, 5.41) is 2.57. The Hall–Kier alpha value is -6.19. The number of nitrogens with zero attached hydrogens (tertiary/aromatic N) is 3. The minimum atomic E-state index is -0.0476. The van der Waals surface area contributed by atoms with Crippen molar-refractivity contribution in [3.05, 3.63) is 175 Å². The molecule has 0 spiro atoms. The van der Waals surface area contributed by atoms with Crippen LogP contribution in [-0.2, 0) is 10.8 Å². The van der Waals surface area contributed by atoms with Crippen molar-refractivity contribution < 1.29 is 0 Å². The fourth-order valence-corrected chi connectivity index (χ4v) is 8.65. The summed E-state index contributed by atoms with van der Waals surface area (Å²) in [5.74, 6) is 1.94. The zero-order valence-electron chi connectivity index (χ0n) is 32.4. The van der Waals surface area contributed by atoms with Gasteiger partial charge in [0.15, 0.2) is 17.5 Å². The van der Waals surface area contributed by atoms with Crippen LogP contribution in [0.1, 0.15) is 52.7 Å². The fraction of sp³-hybridized carbons (Fsp3) is 0.173. The SMILES string of the molecule is CC1(C)c2cc3ccccc3c(-c3ccc(-c4nc(-c5ccc(-c6ccccc6)cc5)nc(-c5ccc(-c6ccccc6)cc5)n4)cc3)c2C(C)(C)C1(C)C. The Labute approximate surface area is 324 Å². The lowest BCUT2D eigenvalue weighted by Crippen LogP contribution is -2.42. The fourth-order valence-electron chi connectivity index (χ4n) is 8.65. The number of aromatic nitrogens is 3. The van der Waals surface area contributed by atoms with Gasteiger partial charge in [-0.25, -0.2) is 15.0 Å². The van der Waals surface area contributed by atoms with Crippen molar-refractivity contribution in [3.63, 3.8) is 0 Å². The standard InChI is InChI=1S/C52H45N3/c1-50(2)44-33-42-19-13-14-20-43(42)45(46(44)51(3,4)52(50,5)6)38-25-31-41(32-26-38)49-54-47(39-27-21-36(22-28-39)34-15-9-7-10-16-34)53-48(55-49)40-29-23-37(24-30-40)35-17-11-8-12-18-35/h7-33H,1-6H3. The van der Waals surface area contributed by atoms with Gasteiger partial charge in [0, 0.05) is 16.7 Å². The minimum Gasteiger partial charge on any atom is -0.208 e. The van der Waals surface area contributed by atoms with Gasteiger partial charge < -0.3 is 0 Å². The maximum atomic E-state index is 5.12. The highest BCUT2D eigenvalue weighted by atomic mass is 15.0. The summed E-state index contributed by atoms with van der Waals surface area (Å²) in [6.07, 6.45) is 0. The molecule has 1 aliphatic rings. The van der Waals surface area contributed by atoms with E-state index in [2.05, 4.69) is 193 Å². The maximum Gasteiger partial charge on any atom is 0.164 e. The molecule has 0 fully saturated rings. The number of rotatable bonds is 6. The summed E-state index contributed by atoms with van der Waals surface area (Å²) in [6.45, 7) is 14.6. The van der Waals surface area contributed by atoms with Crippen molar-refractivity contribution in [1.82, 2.24) is 15.0 Å². The summed E-state index contributed by atoms with van der Waals surface area (Å²) in [7, 11) is 0. The quantitative estimate of drug-likeness (QED) is 0.172. The van der Waals surface area contributed by atoms with Gasteiger partial charge in [-0.15, -0.1) is 0 Å². The van der Waals surface area contributed by atoms with Gasteiger partial charge in [-0.05, 0) is 71.5 Å². The highest BCUT2D eigenvalue weighted by Gasteiger charge is 2.57. The lowest BCUT2D eigenvalue weighted by atomic mass is 9.59. The summed E-state index contributed by atoms with van der Waals surface area (Å²) in [4.78, 5) is 15.3. The van der Waals surface area contributed by atoms with Crippen molar-refractivity contribution in [1.29, 1.82) is 0 Å². The molecule has 7 aromatic carbocycles. The summed E-state index contributed by atoms with van der Waals surface area (Å²) < 4.78 is 0. The molecule has 3 heteroatoms. The van der Waals surface area contributed by atoms with Crippen LogP contribution in [0.4, 0.5) is 0 Å². The number of hydrogen-bond acceptors (Lipinski definition) is 3. The Bertz CT molecular complexity index is 2570. The molecule has 0 atom stereocenters. The van der Waals surface area contributed by atoms with E-state index in [1.54, 1.807) is 0 Å². The predicted octanol–water partition coefficient (Wildman–Crippen LogP) is 13.6. The van der Waals surface area contributed by atoms with Crippen molar-refractivity contribution in [2.75, 3.05) is 0 Å². The molecule has 8 aromatic rings. The lowest BCUT2D eigenvalue weighted by Gasteiger charge is -2.44. The molecule has 3 nitrogen and oxygen atoms in total. The highest BCUT2D eigenvalue weighted by molar-refractivity contribution is 6.01. The third-order valence-corrected chi connectivity index (χ3v) is 13.0. The summed E-state index contributed by atoms with van der Waals surface area (Å²) in [5.41, 5.74) is 12.9. The van der Waals surface area contributed by atoms with E-state index >= 15 is 0 Å². The minimum absolute atomic E-state index is 0.000826. The third kappa shape index (κ3) is 5.69. The highest BCUT2D eigenvalue weighted by Crippen LogP contribution is 2.64. The molecule has 0 N–H and O–H groups in total. The molecule has 0 aliphatic heterocycles. The van der Waals surface area contributed by atoms with Crippen LogP contribution in [0, 0.1) is 5.41 Å². The van der Waals surface area contributed by atoms with Crippen LogP contribution in [0.15, 0.2) is 164 Å². The second kappa shape index (κ2) is 13.0. The van der Waals surface area contributed by atoms with Gasteiger partial charge in [-0.2, -0.15) is 0 Å². The second-order valence-electron chi connectivity index (χ2n) is 16.5. The first-order chi connectivity index (χ1) is 26.5. The molecule has 0 bridgehead atoms. The molecule has 9 rings (SSSR count). The summed E-state index contributed by atoms with van der Waals surface area (Å²) >= 11 is 0. The number of benzene rings is 7. The lowest BCUT2D eigenvalue weighted by molar-refractivity contribution is 0.125. The molecule has 268 valence electrons. The molecule has 0 amide bonds. The Morgan fingerprint density at radius 3 is 1.16 bits per heavy atom. The van der Waals surface area contributed by atoms with Gasteiger partial charge in [-0.1, -0.05) is 205 Å². The van der Waals surface area contributed by atoms with Gasteiger partial charge in [0.05, 0.1) is 0 Å². The molecule has 1 aromatic heterocycles. The van der Waals surface area contributed by atoms with E-state index in [4.69, 9.17) is 15.0 Å². The van der Waals surface area contributed by atoms with E-state index in [-0.39, 0.29) is 16.2 Å². The third-order valence-electron chi connectivity index (χ3n) is 13.0. The average Bonchev–Trinajstić information content (AvgIpc) is 3.33. The van der Waals surface area contributed by atoms with Crippen molar-refractivity contribution >= 4 is 10.8 Å². The second-order valence-corrected chi connectivity index (χ2v) is 16.5. The van der Waals surface area contributed by atoms with Gasteiger partial charge >= 0.3 is 0 Å². The molecule has 1 heterocycles.